The van der Waals surface area contributed by atoms with Crippen molar-refractivity contribution >= 4 is 23.4 Å². The zero-order valence-corrected chi connectivity index (χ0v) is 19.8. The minimum Gasteiger partial charge on any atom is -0.484 e. The van der Waals surface area contributed by atoms with E-state index in [1.165, 1.54) is 10.5 Å². The number of benzene rings is 2. The van der Waals surface area contributed by atoms with Crippen LogP contribution in [0.4, 0.5) is 0 Å². The van der Waals surface area contributed by atoms with Crippen LogP contribution in [0.2, 0.25) is 5.02 Å². The van der Waals surface area contributed by atoms with E-state index in [-0.39, 0.29) is 31.0 Å². The van der Waals surface area contributed by atoms with Gasteiger partial charge in [-0.3, -0.25) is 9.59 Å². The third-order valence-electron chi connectivity index (χ3n) is 5.38. The molecule has 0 aliphatic heterocycles. The van der Waals surface area contributed by atoms with E-state index < -0.39 is 6.04 Å². The van der Waals surface area contributed by atoms with E-state index in [1.807, 2.05) is 56.3 Å². The van der Waals surface area contributed by atoms with Crippen LogP contribution in [-0.2, 0) is 16.1 Å². The predicted octanol–water partition coefficient (Wildman–Crippen LogP) is 5.17. The Morgan fingerprint density at radius 1 is 1.03 bits per heavy atom. The monoisotopic (exact) mass is 444 g/mol. The second-order valence-electron chi connectivity index (χ2n) is 8.12. The first-order chi connectivity index (χ1) is 14.7. The van der Waals surface area contributed by atoms with E-state index in [0.717, 1.165) is 12.0 Å². The first kappa shape index (κ1) is 24.7. The van der Waals surface area contributed by atoms with E-state index >= 15 is 0 Å². The van der Waals surface area contributed by atoms with E-state index in [1.54, 1.807) is 13.0 Å². The lowest BCUT2D eigenvalue weighted by molar-refractivity contribution is -0.142. The van der Waals surface area contributed by atoms with Crippen LogP contribution in [0.25, 0.3) is 0 Å². The summed E-state index contributed by atoms with van der Waals surface area (Å²) in [4.78, 5) is 27.3. The van der Waals surface area contributed by atoms with Gasteiger partial charge in [0, 0.05) is 17.6 Å². The molecule has 0 unspecified atom stereocenters. The van der Waals surface area contributed by atoms with Crippen molar-refractivity contribution in [1.82, 2.24) is 10.2 Å². The smallest absolute Gasteiger partial charge is 0.261 e. The molecule has 0 spiro atoms. The molecule has 2 aromatic rings. The minimum absolute atomic E-state index is 0.0305. The summed E-state index contributed by atoms with van der Waals surface area (Å²) in [5.41, 5.74) is 1.98. The summed E-state index contributed by atoms with van der Waals surface area (Å²) < 4.78 is 5.73. The van der Waals surface area contributed by atoms with Crippen LogP contribution in [0.5, 0.6) is 5.75 Å². The van der Waals surface area contributed by atoms with E-state index in [4.69, 9.17) is 16.3 Å². The highest BCUT2D eigenvalue weighted by Crippen LogP contribution is 2.21. The molecule has 0 aromatic heterocycles. The van der Waals surface area contributed by atoms with Gasteiger partial charge in [0.15, 0.2) is 6.61 Å². The maximum absolute atomic E-state index is 13.1. The number of ether oxygens (including phenoxy) is 1. The van der Waals surface area contributed by atoms with Crippen molar-refractivity contribution in [3.63, 3.8) is 0 Å². The molecule has 0 radical (unpaired) electrons. The lowest BCUT2D eigenvalue weighted by Gasteiger charge is -2.30. The number of rotatable bonds is 10. The minimum atomic E-state index is -0.662. The largest absolute Gasteiger partial charge is 0.484 e. The highest BCUT2D eigenvalue weighted by atomic mass is 35.5. The summed E-state index contributed by atoms with van der Waals surface area (Å²) in [5.74, 6) is 0.564. The number of nitrogens with one attached hydrogen (secondary N) is 1. The molecule has 0 bridgehead atoms. The van der Waals surface area contributed by atoms with Crippen molar-refractivity contribution in [2.75, 3.05) is 6.61 Å². The lowest BCUT2D eigenvalue weighted by atomic mass is 10.0. The van der Waals surface area contributed by atoms with E-state index in [0.29, 0.717) is 16.7 Å². The lowest BCUT2D eigenvalue weighted by Crippen LogP contribution is -2.50. The van der Waals surface area contributed by atoms with Crippen LogP contribution in [0.15, 0.2) is 48.5 Å². The zero-order chi connectivity index (χ0) is 23.0. The normalized spacial score (nSPS) is 12.9. The number of nitrogens with zero attached hydrogens (tertiary/aromatic N) is 1. The van der Waals surface area contributed by atoms with Crippen LogP contribution < -0.4 is 10.1 Å². The molecule has 0 saturated carbocycles. The maximum Gasteiger partial charge on any atom is 0.261 e. The van der Waals surface area contributed by atoms with Crippen LogP contribution in [0.3, 0.4) is 0 Å². The Labute approximate surface area is 190 Å². The van der Waals surface area contributed by atoms with Crippen molar-refractivity contribution in [1.29, 1.82) is 0 Å². The van der Waals surface area contributed by atoms with Crippen LogP contribution in [0.1, 0.15) is 58.1 Å². The second-order valence-corrected chi connectivity index (χ2v) is 8.53. The van der Waals surface area contributed by atoms with Crippen molar-refractivity contribution in [2.24, 2.45) is 0 Å². The fourth-order valence-corrected chi connectivity index (χ4v) is 3.23. The number of halogens is 1. The van der Waals surface area contributed by atoms with Gasteiger partial charge in [0.2, 0.25) is 5.91 Å². The third kappa shape index (κ3) is 7.28. The predicted molar refractivity (Wildman–Crippen MR) is 125 cm³/mol. The number of amides is 2. The fraction of sp³-hybridized carbons (Fsp3) is 0.440. The van der Waals surface area contributed by atoms with Gasteiger partial charge >= 0.3 is 0 Å². The molecule has 168 valence electrons. The van der Waals surface area contributed by atoms with Crippen LogP contribution in [-0.4, -0.2) is 35.4 Å². The molecule has 0 heterocycles. The van der Waals surface area contributed by atoms with Crippen LogP contribution >= 0.6 is 11.6 Å². The van der Waals surface area contributed by atoms with Crippen molar-refractivity contribution in [3.8, 4) is 5.75 Å². The van der Waals surface area contributed by atoms with Gasteiger partial charge in [-0.2, -0.15) is 0 Å². The Morgan fingerprint density at radius 3 is 2.26 bits per heavy atom. The molecule has 0 aliphatic carbocycles. The Balaban J connectivity index is 2.14. The quantitative estimate of drug-likeness (QED) is 0.549. The molecule has 0 saturated heterocycles. The van der Waals surface area contributed by atoms with E-state index in [9.17, 15) is 9.59 Å². The molecule has 2 aromatic carbocycles. The number of hydrogen-bond donors (Lipinski definition) is 1. The summed E-state index contributed by atoms with van der Waals surface area (Å²) in [7, 11) is 0. The molecule has 31 heavy (non-hydrogen) atoms. The van der Waals surface area contributed by atoms with Gasteiger partial charge in [-0.05, 0) is 55.5 Å². The van der Waals surface area contributed by atoms with Gasteiger partial charge in [0.05, 0.1) is 0 Å². The standard InChI is InChI=1S/C25H33ClN2O3/c1-6-18(4)27-25(30)19(5)28(15-21-9-7-8-10-23(21)26)24(29)16-31-22-13-11-20(12-14-22)17(2)3/h7-14,17-19H,6,15-16H2,1-5H3,(H,27,30)/t18-,19+/m1/s1. The SMILES string of the molecule is CC[C@@H](C)NC(=O)[C@H](C)N(Cc1ccccc1Cl)C(=O)COc1ccc(C(C)C)cc1. The number of carbonyl (C=O) groups excluding carboxylic acids is 2. The van der Waals surface area contributed by atoms with Crippen LogP contribution in [0, 0.1) is 0 Å². The van der Waals surface area contributed by atoms with Gasteiger partial charge in [-0.25, -0.2) is 0 Å². The molecule has 5 nitrogen and oxygen atoms in total. The van der Waals surface area contributed by atoms with Gasteiger partial charge in [-0.15, -0.1) is 0 Å². The average Bonchev–Trinajstić information content (AvgIpc) is 2.76. The molecular weight excluding hydrogens is 412 g/mol. The summed E-state index contributed by atoms with van der Waals surface area (Å²) in [6, 6.07) is 14.4. The van der Waals surface area contributed by atoms with Gasteiger partial charge in [-0.1, -0.05) is 62.7 Å². The Kier molecular flexibility index (Phi) is 9.38. The Hall–Kier alpha value is -2.53. The molecule has 2 rings (SSSR count). The second kappa shape index (κ2) is 11.8. The molecule has 2 atom stereocenters. The summed E-state index contributed by atoms with van der Waals surface area (Å²) in [6.45, 7) is 9.98. The topological polar surface area (TPSA) is 58.6 Å². The Morgan fingerprint density at radius 2 is 1.68 bits per heavy atom. The van der Waals surface area contributed by atoms with Gasteiger partial charge < -0.3 is 15.0 Å². The molecule has 0 aliphatic rings. The molecule has 1 N–H and O–H groups in total. The third-order valence-corrected chi connectivity index (χ3v) is 5.74. The summed E-state index contributed by atoms with van der Waals surface area (Å²) in [5, 5.41) is 3.50. The molecular formula is C25H33ClN2O3. The highest BCUT2D eigenvalue weighted by Gasteiger charge is 2.27. The Bertz CT molecular complexity index is 867. The average molecular weight is 445 g/mol. The summed E-state index contributed by atoms with van der Waals surface area (Å²) in [6.07, 6.45) is 0.812. The highest BCUT2D eigenvalue weighted by molar-refractivity contribution is 6.31. The van der Waals surface area contributed by atoms with Crippen molar-refractivity contribution in [3.05, 3.63) is 64.7 Å². The van der Waals surface area contributed by atoms with Crippen molar-refractivity contribution < 1.29 is 14.3 Å². The number of carbonyl (C=O) groups is 2. The molecule has 0 fully saturated rings. The fourth-order valence-electron chi connectivity index (χ4n) is 3.04. The number of hydrogen-bond acceptors (Lipinski definition) is 3. The first-order valence-electron chi connectivity index (χ1n) is 10.8. The van der Waals surface area contributed by atoms with Gasteiger partial charge in [0.1, 0.15) is 11.8 Å². The summed E-state index contributed by atoms with van der Waals surface area (Å²) >= 11 is 6.31. The van der Waals surface area contributed by atoms with Crippen molar-refractivity contribution in [2.45, 2.75) is 65.6 Å². The maximum atomic E-state index is 13.1. The molecule has 2 amide bonds. The van der Waals surface area contributed by atoms with Gasteiger partial charge in [0.25, 0.3) is 5.91 Å². The molecule has 6 heteroatoms. The van der Waals surface area contributed by atoms with E-state index in [2.05, 4.69) is 19.2 Å². The first-order valence-corrected chi connectivity index (χ1v) is 11.2. The zero-order valence-electron chi connectivity index (χ0n) is 19.0.